The third-order valence-electron chi connectivity index (χ3n) is 4.26. The van der Waals surface area contributed by atoms with Gasteiger partial charge < -0.3 is 0 Å². The van der Waals surface area contributed by atoms with Crippen molar-refractivity contribution in [1.29, 1.82) is 0 Å². The first-order valence-corrected chi connectivity index (χ1v) is 12.1. The van der Waals surface area contributed by atoms with Gasteiger partial charge in [0.1, 0.15) is 0 Å². The Kier molecular flexibility index (Phi) is 6.50. The molecule has 0 aliphatic carbocycles. The van der Waals surface area contributed by atoms with Crippen LogP contribution in [0, 0.1) is 6.92 Å². The molecule has 3 nitrogen and oxygen atoms in total. The van der Waals surface area contributed by atoms with Gasteiger partial charge in [-0.1, -0.05) is 0 Å². The molecule has 0 radical (unpaired) electrons. The van der Waals surface area contributed by atoms with Gasteiger partial charge in [-0.2, -0.15) is 0 Å². The summed E-state index contributed by atoms with van der Waals surface area (Å²) in [7, 11) is -3.56. The molecule has 27 heavy (non-hydrogen) atoms. The summed E-state index contributed by atoms with van der Waals surface area (Å²) in [5.41, 5.74) is 2.19. The van der Waals surface area contributed by atoms with Crippen LogP contribution in [0.2, 0.25) is 0 Å². The van der Waals surface area contributed by atoms with Gasteiger partial charge in [0.15, 0.2) is 0 Å². The molecule has 0 heterocycles. The predicted molar refractivity (Wildman–Crippen MR) is 112 cm³/mol. The van der Waals surface area contributed by atoms with Gasteiger partial charge in [0.05, 0.1) is 0 Å². The molecular weight excluding hydrogens is 421 g/mol. The normalized spacial score (nSPS) is 13.9. The van der Waals surface area contributed by atoms with Crippen LogP contribution in [0.3, 0.4) is 0 Å². The summed E-state index contributed by atoms with van der Waals surface area (Å²) in [4.78, 5) is 0.403. The number of benzene rings is 3. The Bertz CT molecular complexity index is 958. The van der Waals surface area contributed by atoms with Crippen LogP contribution in [0.1, 0.15) is 22.9 Å². The van der Waals surface area contributed by atoms with Crippen LogP contribution in [0.15, 0.2) is 89.8 Å². The second kappa shape index (κ2) is 8.85. The molecule has 0 unspecified atom stereocenters. The van der Waals surface area contributed by atoms with Crippen molar-refractivity contribution in [3.05, 3.63) is 96.1 Å². The van der Waals surface area contributed by atoms with E-state index in [1.54, 1.807) is 12.1 Å². The van der Waals surface area contributed by atoms with Crippen molar-refractivity contribution in [2.24, 2.45) is 0 Å². The summed E-state index contributed by atoms with van der Waals surface area (Å²) in [5.74, 6) is 0. The summed E-state index contributed by atoms with van der Waals surface area (Å²) in [6.07, 6.45) is 0. The topological polar surface area (TPSA) is 46.2 Å². The van der Waals surface area contributed by atoms with E-state index >= 15 is 0 Å². The van der Waals surface area contributed by atoms with Crippen LogP contribution >= 0.6 is 0 Å². The molecule has 3 aromatic carbocycles. The van der Waals surface area contributed by atoms with E-state index in [0.29, 0.717) is 4.90 Å². The van der Waals surface area contributed by atoms with Gasteiger partial charge in [0, 0.05) is 0 Å². The Morgan fingerprint density at radius 3 is 1.96 bits per heavy atom. The second-order valence-electron chi connectivity index (χ2n) is 6.49. The van der Waals surface area contributed by atoms with E-state index in [2.05, 4.69) is 29.0 Å². The zero-order valence-electron chi connectivity index (χ0n) is 15.4. The summed E-state index contributed by atoms with van der Waals surface area (Å²) in [5, 5.41) is 0. The molecule has 0 saturated carbocycles. The molecule has 0 aliphatic heterocycles. The molecule has 0 amide bonds. The Hall–Kier alpha value is -1.91. The first-order valence-electron chi connectivity index (χ1n) is 8.81. The molecule has 0 saturated heterocycles. The molecule has 3 aromatic rings. The zero-order chi connectivity index (χ0) is 19.3. The number of aryl methyl sites for hydroxylation is 1. The van der Waals surface area contributed by atoms with Crippen LogP contribution in [0.5, 0.6) is 0 Å². The maximum atomic E-state index is 12.8. The average Bonchev–Trinajstić information content (AvgIpc) is 2.67. The molecule has 140 valence electrons. The molecule has 0 aliphatic rings. The fourth-order valence-corrected chi connectivity index (χ4v) is 6.75. The van der Waals surface area contributed by atoms with E-state index in [0.717, 1.165) is 11.1 Å². The van der Waals surface area contributed by atoms with Gasteiger partial charge in [-0.05, 0) is 0 Å². The Labute approximate surface area is 168 Å². The fourth-order valence-electron chi connectivity index (χ4n) is 2.84. The van der Waals surface area contributed by atoms with Crippen molar-refractivity contribution >= 4 is 29.4 Å². The summed E-state index contributed by atoms with van der Waals surface area (Å²) < 4.78 is 29.8. The second-order valence-corrected chi connectivity index (χ2v) is 10.7. The molecule has 3 rings (SSSR count). The standard InChI is InChI=1S/C22H23NO2SSe/c1-17-13-15-20(16-14-17)26(24,25)23-18(2)22(19-9-5-3-6-10-19)27-21-11-7-4-8-12-21/h3-16,18,22-23H,1-2H3/t18-,22+/m1/s1. The van der Waals surface area contributed by atoms with Crippen molar-refractivity contribution in [2.75, 3.05) is 0 Å². The molecule has 0 spiro atoms. The van der Waals surface area contributed by atoms with Gasteiger partial charge in [-0.15, -0.1) is 0 Å². The predicted octanol–water partition coefficient (Wildman–Crippen LogP) is 3.43. The van der Waals surface area contributed by atoms with E-state index in [9.17, 15) is 8.42 Å². The van der Waals surface area contributed by atoms with Crippen LogP contribution in [0.25, 0.3) is 0 Å². The third kappa shape index (κ3) is 5.30. The van der Waals surface area contributed by atoms with Crippen molar-refractivity contribution < 1.29 is 8.42 Å². The molecule has 1 N–H and O–H groups in total. The van der Waals surface area contributed by atoms with Gasteiger partial charge in [-0.25, -0.2) is 0 Å². The minimum absolute atomic E-state index is 0.0951. The SMILES string of the molecule is Cc1ccc(S(=O)(=O)N[C@H](C)[C@H]([Se]c2ccccc2)c2ccccc2)cc1. The van der Waals surface area contributed by atoms with E-state index < -0.39 is 10.0 Å². The molecule has 0 aromatic heterocycles. The third-order valence-corrected chi connectivity index (χ3v) is 8.94. The number of hydrogen-bond donors (Lipinski definition) is 1. The molecular formula is C22H23NO2SSe. The quantitative estimate of drug-likeness (QED) is 0.568. The Morgan fingerprint density at radius 2 is 1.37 bits per heavy atom. The summed E-state index contributed by atoms with van der Waals surface area (Å²) in [6.45, 7) is 3.90. The first kappa shape index (κ1) is 19.8. The fraction of sp³-hybridized carbons (Fsp3) is 0.182. The average molecular weight is 444 g/mol. The number of hydrogen-bond acceptors (Lipinski definition) is 2. The van der Waals surface area contributed by atoms with Crippen molar-refractivity contribution in [3.63, 3.8) is 0 Å². The number of sulfonamides is 1. The summed E-state index contributed by atoms with van der Waals surface area (Å²) in [6, 6.07) is 27.1. The Balaban J connectivity index is 1.86. The first-order chi connectivity index (χ1) is 13.0. The van der Waals surface area contributed by atoms with Crippen molar-refractivity contribution in [1.82, 2.24) is 4.72 Å². The van der Waals surface area contributed by atoms with Crippen molar-refractivity contribution in [3.8, 4) is 0 Å². The zero-order valence-corrected chi connectivity index (χ0v) is 17.9. The molecule has 0 fully saturated rings. The van der Waals surface area contributed by atoms with Gasteiger partial charge in [0.2, 0.25) is 0 Å². The number of rotatable bonds is 7. The van der Waals surface area contributed by atoms with Crippen LogP contribution in [0.4, 0.5) is 0 Å². The van der Waals surface area contributed by atoms with Crippen LogP contribution in [-0.4, -0.2) is 29.4 Å². The van der Waals surface area contributed by atoms with E-state index in [1.165, 1.54) is 4.46 Å². The molecule has 5 heteroatoms. The van der Waals surface area contributed by atoms with Gasteiger partial charge >= 0.3 is 168 Å². The monoisotopic (exact) mass is 445 g/mol. The molecule has 0 bridgehead atoms. The van der Waals surface area contributed by atoms with Crippen LogP contribution in [-0.2, 0) is 10.0 Å². The van der Waals surface area contributed by atoms with Gasteiger partial charge in [0.25, 0.3) is 0 Å². The van der Waals surface area contributed by atoms with Gasteiger partial charge in [-0.3, -0.25) is 0 Å². The minimum atomic E-state index is -3.56. The summed E-state index contributed by atoms with van der Waals surface area (Å²) >= 11 is 0.0951. The van der Waals surface area contributed by atoms with E-state index in [1.807, 2.05) is 62.4 Å². The van der Waals surface area contributed by atoms with Crippen molar-refractivity contribution in [2.45, 2.75) is 29.6 Å². The number of nitrogens with one attached hydrogen (secondary N) is 1. The Morgan fingerprint density at radius 1 is 0.815 bits per heavy atom. The molecule has 2 atom stereocenters. The maximum absolute atomic E-state index is 12.8. The van der Waals surface area contributed by atoms with E-state index in [-0.39, 0.29) is 25.8 Å². The van der Waals surface area contributed by atoms with Crippen LogP contribution < -0.4 is 9.18 Å². The van der Waals surface area contributed by atoms with E-state index in [4.69, 9.17) is 0 Å².